The fourth-order valence-electron chi connectivity index (χ4n) is 8.69. The Morgan fingerprint density at radius 1 is 0.408 bits per heavy atom. The second kappa shape index (κ2) is 9.82. The van der Waals surface area contributed by atoms with Crippen LogP contribution in [0, 0.1) is 0 Å². The predicted molar refractivity (Wildman–Crippen MR) is 199 cm³/mol. The summed E-state index contributed by atoms with van der Waals surface area (Å²) in [6.07, 6.45) is 0. The zero-order chi connectivity index (χ0) is 32.1. The molecule has 0 bridgehead atoms. The normalized spacial score (nSPS) is 15.6. The van der Waals surface area contributed by atoms with Crippen LogP contribution in [0.5, 0.6) is 11.5 Å². The SMILES string of the molecule is c1ccc(C2(c3cccc4c3oc3ccccc34)c3ccccc3-c3ccc(-c4ccc5c(c4)-c4cccc6cccc(c46)O5)cc32)cc1. The third-order valence-electron chi connectivity index (χ3n) is 10.7. The standard InChI is InChI=1S/C47H28O2/c1-2-13-32(14-3-1)47(40-20-10-18-37-35-16-5-7-21-42(35)49-46(37)40)39-19-6-4-15-33(39)34-25-23-31(28-41(34)47)30-24-26-43-38(27-30)36-17-8-11-29-12-9-22-44(48-43)45(29)36/h1-28H. The van der Waals surface area contributed by atoms with E-state index in [1.165, 1.54) is 44.2 Å². The van der Waals surface area contributed by atoms with Crippen LogP contribution in [0.25, 0.3) is 66.1 Å². The first-order valence-corrected chi connectivity index (χ1v) is 16.8. The molecule has 2 nitrogen and oxygen atoms in total. The maximum Gasteiger partial charge on any atom is 0.140 e. The molecule has 2 aliphatic rings. The lowest BCUT2D eigenvalue weighted by Crippen LogP contribution is -2.28. The van der Waals surface area contributed by atoms with Crippen molar-refractivity contribution in [2.24, 2.45) is 0 Å². The van der Waals surface area contributed by atoms with Gasteiger partial charge in [0.15, 0.2) is 0 Å². The Hall–Kier alpha value is -6.38. The molecular weight excluding hydrogens is 597 g/mol. The van der Waals surface area contributed by atoms with Crippen molar-refractivity contribution in [3.05, 3.63) is 192 Å². The smallest absolute Gasteiger partial charge is 0.140 e. The summed E-state index contributed by atoms with van der Waals surface area (Å²) in [5.74, 6) is 1.80. The van der Waals surface area contributed by atoms with Gasteiger partial charge in [0.05, 0.1) is 5.41 Å². The zero-order valence-electron chi connectivity index (χ0n) is 26.5. The number of hydrogen-bond acceptors (Lipinski definition) is 2. The van der Waals surface area contributed by atoms with Gasteiger partial charge < -0.3 is 9.15 Å². The minimum atomic E-state index is -0.599. The summed E-state index contributed by atoms with van der Waals surface area (Å²) in [6.45, 7) is 0. The van der Waals surface area contributed by atoms with Gasteiger partial charge in [0.2, 0.25) is 0 Å². The first-order valence-electron chi connectivity index (χ1n) is 16.8. The van der Waals surface area contributed by atoms with E-state index in [1.54, 1.807) is 0 Å². The van der Waals surface area contributed by atoms with Gasteiger partial charge in [-0.05, 0) is 80.2 Å². The number of hydrogen-bond donors (Lipinski definition) is 0. The molecule has 1 aliphatic carbocycles. The molecule has 1 aromatic heterocycles. The molecule has 49 heavy (non-hydrogen) atoms. The number of rotatable bonds is 3. The zero-order valence-corrected chi connectivity index (χ0v) is 26.5. The highest BCUT2D eigenvalue weighted by molar-refractivity contribution is 6.08. The molecule has 2 heterocycles. The van der Waals surface area contributed by atoms with Crippen molar-refractivity contribution in [2.75, 3.05) is 0 Å². The highest BCUT2D eigenvalue weighted by Crippen LogP contribution is 2.58. The van der Waals surface area contributed by atoms with Crippen LogP contribution in [0.2, 0.25) is 0 Å². The van der Waals surface area contributed by atoms with E-state index in [0.717, 1.165) is 55.7 Å². The molecule has 228 valence electrons. The van der Waals surface area contributed by atoms with Crippen LogP contribution in [0.1, 0.15) is 22.3 Å². The van der Waals surface area contributed by atoms with Gasteiger partial charge in [0, 0.05) is 27.3 Å². The molecule has 0 saturated heterocycles. The molecule has 9 aromatic rings. The Labute approximate surface area is 283 Å². The lowest BCUT2D eigenvalue weighted by Gasteiger charge is -2.34. The van der Waals surface area contributed by atoms with E-state index in [2.05, 4.69) is 164 Å². The number of ether oxygens (including phenoxy) is 1. The van der Waals surface area contributed by atoms with E-state index in [4.69, 9.17) is 9.15 Å². The summed E-state index contributed by atoms with van der Waals surface area (Å²) in [7, 11) is 0. The summed E-state index contributed by atoms with van der Waals surface area (Å²) in [6, 6.07) is 61.3. The van der Waals surface area contributed by atoms with Crippen molar-refractivity contribution < 1.29 is 9.15 Å². The van der Waals surface area contributed by atoms with Gasteiger partial charge in [0.1, 0.15) is 22.7 Å². The molecule has 0 spiro atoms. The molecule has 0 radical (unpaired) electrons. The van der Waals surface area contributed by atoms with Gasteiger partial charge in [-0.3, -0.25) is 0 Å². The van der Waals surface area contributed by atoms with Crippen molar-refractivity contribution in [3.63, 3.8) is 0 Å². The largest absolute Gasteiger partial charge is 0.456 e. The molecule has 0 saturated carbocycles. The van der Waals surface area contributed by atoms with E-state index in [0.29, 0.717) is 0 Å². The molecule has 0 amide bonds. The Bertz CT molecular complexity index is 2800. The Kier molecular flexibility index (Phi) is 5.34. The van der Waals surface area contributed by atoms with E-state index < -0.39 is 5.41 Å². The topological polar surface area (TPSA) is 22.4 Å². The highest BCUT2D eigenvalue weighted by Gasteiger charge is 2.47. The molecule has 11 rings (SSSR count). The quantitative estimate of drug-likeness (QED) is 0.195. The van der Waals surface area contributed by atoms with Crippen molar-refractivity contribution in [2.45, 2.75) is 5.41 Å². The minimum absolute atomic E-state index is 0.599. The molecule has 2 heteroatoms. The summed E-state index contributed by atoms with van der Waals surface area (Å²) in [5, 5.41) is 4.63. The van der Waals surface area contributed by atoms with Gasteiger partial charge in [0.25, 0.3) is 0 Å². The van der Waals surface area contributed by atoms with Crippen LogP contribution in [-0.4, -0.2) is 0 Å². The molecule has 0 fully saturated rings. The first-order chi connectivity index (χ1) is 24.3. The molecule has 1 aliphatic heterocycles. The van der Waals surface area contributed by atoms with E-state index in [1.807, 2.05) is 6.07 Å². The third kappa shape index (κ3) is 3.55. The highest BCUT2D eigenvalue weighted by atomic mass is 16.5. The van der Waals surface area contributed by atoms with Gasteiger partial charge in [-0.25, -0.2) is 0 Å². The average Bonchev–Trinajstić information content (AvgIpc) is 3.69. The molecule has 1 unspecified atom stereocenters. The summed E-state index contributed by atoms with van der Waals surface area (Å²) in [4.78, 5) is 0. The lowest BCUT2D eigenvalue weighted by atomic mass is 9.67. The number of benzene rings is 8. The predicted octanol–water partition coefficient (Wildman–Crippen LogP) is 12.5. The van der Waals surface area contributed by atoms with Gasteiger partial charge in [-0.1, -0.05) is 140 Å². The second-order valence-corrected chi connectivity index (χ2v) is 13.2. The van der Waals surface area contributed by atoms with E-state index >= 15 is 0 Å². The fraction of sp³-hybridized carbons (Fsp3) is 0.0213. The summed E-state index contributed by atoms with van der Waals surface area (Å²) >= 11 is 0. The number of furan rings is 1. The molecular formula is C47H28O2. The van der Waals surface area contributed by atoms with Crippen LogP contribution in [0.4, 0.5) is 0 Å². The Morgan fingerprint density at radius 3 is 2.04 bits per heavy atom. The van der Waals surface area contributed by atoms with E-state index in [-0.39, 0.29) is 0 Å². The Balaban J connectivity index is 1.20. The van der Waals surface area contributed by atoms with Crippen LogP contribution in [0.15, 0.2) is 174 Å². The molecule has 0 N–H and O–H groups in total. The van der Waals surface area contributed by atoms with Crippen molar-refractivity contribution in [1.82, 2.24) is 0 Å². The average molecular weight is 625 g/mol. The number of para-hydroxylation sites is 2. The van der Waals surface area contributed by atoms with Gasteiger partial charge in [-0.2, -0.15) is 0 Å². The second-order valence-electron chi connectivity index (χ2n) is 13.2. The lowest BCUT2D eigenvalue weighted by molar-refractivity contribution is 0.487. The van der Waals surface area contributed by atoms with Gasteiger partial charge >= 0.3 is 0 Å². The minimum Gasteiger partial charge on any atom is -0.456 e. The number of fused-ring (bicyclic) bond motifs is 8. The molecule has 8 aromatic carbocycles. The summed E-state index contributed by atoms with van der Waals surface area (Å²) < 4.78 is 13.3. The monoisotopic (exact) mass is 624 g/mol. The van der Waals surface area contributed by atoms with Crippen LogP contribution in [0.3, 0.4) is 0 Å². The fourth-order valence-corrected chi connectivity index (χ4v) is 8.69. The van der Waals surface area contributed by atoms with E-state index in [9.17, 15) is 0 Å². The molecule has 1 atom stereocenters. The van der Waals surface area contributed by atoms with Crippen LogP contribution < -0.4 is 4.74 Å². The summed E-state index contributed by atoms with van der Waals surface area (Å²) in [5.41, 5.74) is 13.3. The third-order valence-corrected chi connectivity index (χ3v) is 10.7. The maximum absolute atomic E-state index is 6.79. The van der Waals surface area contributed by atoms with Gasteiger partial charge in [-0.15, -0.1) is 0 Å². The Morgan fingerprint density at radius 2 is 1.10 bits per heavy atom. The maximum atomic E-state index is 6.79. The van der Waals surface area contributed by atoms with Crippen molar-refractivity contribution >= 4 is 32.7 Å². The van der Waals surface area contributed by atoms with Crippen LogP contribution >= 0.6 is 0 Å². The van der Waals surface area contributed by atoms with Crippen molar-refractivity contribution in [3.8, 4) is 44.9 Å². The van der Waals surface area contributed by atoms with Crippen LogP contribution in [-0.2, 0) is 5.41 Å². The van der Waals surface area contributed by atoms with Crippen molar-refractivity contribution in [1.29, 1.82) is 0 Å². The first kappa shape index (κ1) is 26.7.